The number of carbonyl (C=O) groups excluding carboxylic acids is 2. The van der Waals surface area contributed by atoms with E-state index in [9.17, 15) is 9.59 Å². The molecule has 29 heavy (non-hydrogen) atoms. The fourth-order valence-electron chi connectivity index (χ4n) is 3.33. The fourth-order valence-corrected chi connectivity index (χ4v) is 3.51. The molecule has 0 spiro atoms. The van der Waals surface area contributed by atoms with Crippen molar-refractivity contribution < 1.29 is 9.59 Å². The predicted octanol–water partition coefficient (Wildman–Crippen LogP) is 6.69. The summed E-state index contributed by atoms with van der Waals surface area (Å²) < 4.78 is 0. The third kappa shape index (κ3) is 9.31. The minimum absolute atomic E-state index is 0.0112. The van der Waals surface area contributed by atoms with Gasteiger partial charge in [0.2, 0.25) is 5.91 Å². The Morgan fingerprint density at radius 1 is 0.828 bits per heavy atom. The molecule has 1 atom stereocenters. The normalized spacial score (nSPS) is 11.8. The van der Waals surface area contributed by atoms with Crippen molar-refractivity contribution in [2.75, 3.05) is 5.32 Å². The van der Waals surface area contributed by atoms with Crippen molar-refractivity contribution in [3.8, 4) is 0 Å². The summed E-state index contributed by atoms with van der Waals surface area (Å²) in [6, 6.07) is 16.3. The lowest BCUT2D eigenvalue weighted by molar-refractivity contribution is -0.116. The molecule has 0 saturated heterocycles. The van der Waals surface area contributed by atoms with Crippen LogP contribution in [0.15, 0.2) is 54.6 Å². The maximum absolute atomic E-state index is 12.5. The van der Waals surface area contributed by atoms with Gasteiger partial charge in [-0.15, -0.1) is 0 Å². The predicted molar refractivity (Wildman–Crippen MR) is 125 cm³/mol. The molecule has 0 aliphatic carbocycles. The van der Waals surface area contributed by atoms with Crippen LogP contribution in [-0.2, 0) is 4.79 Å². The number of unbranched alkanes of at least 4 members (excludes halogenated alkanes) is 6. The number of thiol groups is 1. The smallest absolute Gasteiger partial charge is 0.224 e. The van der Waals surface area contributed by atoms with E-state index in [1.807, 2.05) is 24.3 Å². The third-order valence-electron chi connectivity index (χ3n) is 4.97. The molecular formula is C25H33NO2S. The molecule has 1 amide bonds. The minimum Gasteiger partial charge on any atom is -0.326 e. The summed E-state index contributed by atoms with van der Waals surface area (Å²) in [5, 5.41) is 3.42. The lowest BCUT2D eigenvalue weighted by Gasteiger charge is -2.08. The highest BCUT2D eigenvalue weighted by atomic mass is 32.1. The molecule has 4 heteroatoms. The summed E-state index contributed by atoms with van der Waals surface area (Å²) in [7, 11) is 0. The van der Waals surface area contributed by atoms with Gasteiger partial charge in [-0.3, -0.25) is 9.59 Å². The van der Waals surface area contributed by atoms with E-state index in [0.29, 0.717) is 28.5 Å². The van der Waals surface area contributed by atoms with Crippen LogP contribution in [0.2, 0.25) is 0 Å². The van der Waals surface area contributed by atoms with E-state index >= 15 is 0 Å². The Kier molecular flexibility index (Phi) is 10.6. The molecule has 0 aromatic heterocycles. The molecule has 0 bridgehead atoms. The van der Waals surface area contributed by atoms with Gasteiger partial charge in [-0.25, -0.2) is 0 Å². The first-order valence-electron chi connectivity index (χ1n) is 10.7. The van der Waals surface area contributed by atoms with E-state index in [1.165, 1.54) is 38.5 Å². The molecule has 0 fully saturated rings. The van der Waals surface area contributed by atoms with Crippen molar-refractivity contribution in [3.63, 3.8) is 0 Å². The number of nitrogens with one attached hydrogen (secondary N) is 1. The van der Waals surface area contributed by atoms with Crippen LogP contribution in [0.1, 0.15) is 80.6 Å². The average Bonchev–Trinajstić information content (AvgIpc) is 2.72. The summed E-state index contributed by atoms with van der Waals surface area (Å²) in [6.07, 6.45) is 9.95. The zero-order valence-electron chi connectivity index (χ0n) is 17.4. The van der Waals surface area contributed by atoms with Gasteiger partial charge in [-0.2, -0.15) is 12.6 Å². The molecule has 3 nitrogen and oxygen atoms in total. The third-order valence-corrected chi connectivity index (χ3v) is 5.23. The van der Waals surface area contributed by atoms with Crippen LogP contribution < -0.4 is 5.32 Å². The van der Waals surface area contributed by atoms with Crippen LogP contribution >= 0.6 is 12.6 Å². The first-order chi connectivity index (χ1) is 14.1. The number of anilines is 1. The number of hydrogen-bond acceptors (Lipinski definition) is 3. The fraction of sp³-hybridized carbons (Fsp3) is 0.440. The zero-order chi connectivity index (χ0) is 20.9. The largest absolute Gasteiger partial charge is 0.326 e. The molecule has 1 N–H and O–H groups in total. The van der Waals surface area contributed by atoms with Crippen molar-refractivity contribution in [2.45, 2.75) is 70.0 Å². The maximum Gasteiger partial charge on any atom is 0.224 e. The molecule has 2 rings (SSSR count). The molecule has 2 aromatic rings. The Hall–Kier alpha value is -2.07. The molecule has 0 aliphatic heterocycles. The van der Waals surface area contributed by atoms with Crippen molar-refractivity contribution in [1.82, 2.24) is 0 Å². The molecule has 0 heterocycles. The van der Waals surface area contributed by atoms with Crippen LogP contribution in [0, 0.1) is 0 Å². The molecule has 2 aromatic carbocycles. The van der Waals surface area contributed by atoms with Gasteiger partial charge in [0.1, 0.15) is 0 Å². The maximum atomic E-state index is 12.5. The Morgan fingerprint density at radius 3 is 2.14 bits per heavy atom. The number of carbonyl (C=O) groups is 2. The lowest BCUT2D eigenvalue weighted by Crippen LogP contribution is -2.11. The number of ketones is 1. The molecule has 1 unspecified atom stereocenters. The van der Waals surface area contributed by atoms with E-state index in [-0.39, 0.29) is 11.7 Å². The molecular weight excluding hydrogens is 378 g/mol. The highest BCUT2D eigenvalue weighted by Gasteiger charge is 2.10. The van der Waals surface area contributed by atoms with Gasteiger partial charge in [0.25, 0.3) is 0 Å². The van der Waals surface area contributed by atoms with E-state index in [0.717, 1.165) is 12.8 Å². The van der Waals surface area contributed by atoms with Gasteiger partial charge in [-0.05, 0) is 30.2 Å². The van der Waals surface area contributed by atoms with E-state index in [4.69, 9.17) is 0 Å². The Labute approximate surface area is 180 Å². The van der Waals surface area contributed by atoms with Gasteiger partial charge in [-0.1, -0.05) is 87.9 Å². The Balaban J connectivity index is 1.66. The number of rotatable bonds is 13. The van der Waals surface area contributed by atoms with E-state index < -0.39 is 0 Å². The summed E-state index contributed by atoms with van der Waals surface area (Å²) in [6.45, 7) is 2.14. The standard InChI is InChI=1S/C25H33NO2S/c1-20(29)13-8-5-3-2-4-6-11-18-24(27)26-23-17-12-16-22(19-23)25(28)21-14-9-7-10-15-21/h7,9-10,12,14-17,19-20,29H,2-6,8,11,13,18H2,1H3,(H,26,27). The Bertz CT molecular complexity index is 758. The van der Waals surface area contributed by atoms with E-state index in [1.54, 1.807) is 30.3 Å². The van der Waals surface area contributed by atoms with Crippen molar-refractivity contribution in [3.05, 3.63) is 65.7 Å². The number of benzene rings is 2. The second kappa shape index (κ2) is 13.2. The molecule has 0 radical (unpaired) electrons. The summed E-state index contributed by atoms with van der Waals surface area (Å²) in [5.41, 5.74) is 1.91. The van der Waals surface area contributed by atoms with Gasteiger partial charge in [0.15, 0.2) is 5.78 Å². The zero-order valence-corrected chi connectivity index (χ0v) is 18.3. The van der Waals surface area contributed by atoms with Crippen molar-refractivity contribution in [2.24, 2.45) is 0 Å². The SMILES string of the molecule is CC(S)CCCCCCCCCC(=O)Nc1cccc(C(=O)c2ccccc2)c1. The van der Waals surface area contributed by atoms with Gasteiger partial charge in [0.05, 0.1) is 0 Å². The molecule has 156 valence electrons. The van der Waals surface area contributed by atoms with E-state index in [2.05, 4.69) is 24.9 Å². The van der Waals surface area contributed by atoms with Crippen LogP contribution in [0.5, 0.6) is 0 Å². The van der Waals surface area contributed by atoms with Crippen LogP contribution in [0.3, 0.4) is 0 Å². The minimum atomic E-state index is -0.0366. The van der Waals surface area contributed by atoms with Crippen LogP contribution in [-0.4, -0.2) is 16.9 Å². The summed E-state index contributed by atoms with van der Waals surface area (Å²) >= 11 is 4.40. The topological polar surface area (TPSA) is 46.2 Å². The van der Waals surface area contributed by atoms with Gasteiger partial charge in [0, 0.05) is 23.2 Å². The summed E-state index contributed by atoms with van der Waals surface area (Å²) in [5.74, 6) is -0.0254. The lowest BCUT2D eigenvalue weighted by atomic mass is 10.0. The van der Waals surface area contributed by atoms with Crippen molar-refractivity contribution >= 4 is 30.0 Å². The second-order valence-corrected chi connectivity index (χ2v) is 8.57. The Morgan fingerprint density at radius 2 is 1.45 bits per heavy atom. The number of hydrogen-bond donors (Lipinski definition) is 2. The van der Waals surface area contributed by atoms with Crippen LogP contribution in [0.25, 0.3) is 0 Å². The highest BCUT2D eigenvalue weighted by Crippen LogP contribution is 2.16. The molecule has 0 saturated carbocycles. The highest BCUT2D eigenvalue weighted by molar-refractivity contribution is 7.80. The monoisotopic (exact) mass is 411 g/mol. The quantitative estimate of drug-likeness (QED) is 0.219. The first kappa shape index (κ1) is 23.2. The second-order valence-electron chi connectivity index (χ2n) is 7.69. The van der Waals surface area contributed by atoms with Crippen molar-refractivity contribution in [1.29, 1.82) is 0 Å². The first-order valence-corrected chi connectivity index (χ1v) is 11.3. The summed E-state index contributed by atoms with van der Waals surface area (Å²) in [4.78, 5) is 24.7. The molecule has 0 aliphatic rings. The van der Waals surface area contributed by atoms with Gasteiger partial charge < -0.3 is 5.32 Å². The number of amides is 1. The average molecular weight is 412 g/mol. The van der Waals surface area contributed by atoms with Crippen LogP contribution in [0.4, 0.5) is 5.69 Å². The van der Waals surface area contributed by atoms with Gasteiger partial charge >= 0.3 is 0 Å².